The molecule has 2 atom stereocenters. The number of hydrogen-bond donors (Lipinski definition) is 1. The fraction of sp³-hybridized carbons (Fsp3) is 1.00. The number of alkyl halides is 1. The lowest BCUT2D eigenvalue weighted by atomic mass is 10.1. The van der Waals surface area contributed by atoms with Gasteiger partial charge in [-0.3, -0.25) is 0 Å². The molecule has 0 aromatic rings. The molecule has 0 aliphatic carbocycles. The van der Waals surface area contributed by atoms with E-state index in [1.807, 2.05) is 11.8 Å². The minimum Gasteiger partial charge on any atom is -0.314 e. The summed E-state index contributed by atoms with van der Waals surface area (Å²) >= 11 is 5.41. The van der Waals surface area contributed by atoms with Gasteiger partial charge in [0, 0.05) is 11.4 Å². The third kappa shape index (κ3) is 6.32. The smallest absolute Gasteiger partial charge is 0.00723 e. The lowest BCUT2D eigenvalue weighted by molar-refractivity contribution is 0.436. The highest BCUT2D eigenvalue weighted by atomic mass is 79.9. The van der Waals surface area contributed by atoms with E-state index in [1.165, 1.54) is 12.2 Å². The molecule has 0 fully saturated rings. The highest BCUT2D eigenvalue weighted by molar-refractivity contribution is 9.09. The third-order valence-electron chi connectivity index (χ3n) is 2.09. The van der Waals surface area contributed by atoms with Crippen LogP contribution in [-0.2, 0) is 0 Å². The number of nitrogens with one attached hydrogen (secondary N) is 1. The first-order valence-corrected chi connectivity index (χ1v) is 7.02. The number of hydrogen-bond acceptors (Lipinski definition) is 2. The van der Waals surface area contributed by atoms with Gasteiger partial charge >= 0.3 is 0 Å². The zero-order valence-corrected chi connectivity index (χ0v) is 10.7. The van der Waals surface area contributed by atoms with Gasteiger partial charge in [0.25, 0.3) is 0 Å². The van der Waals surface area contributed by atoms with Crippen LogP contribution in [0, 0.1) is 5.92 Å². The second-order valence-electron chi connectivity index (χ2n) is 3.22. The Morgan fingerprint density at radius 1 is 1.42 bits per heavy atom. The van der Waals surface area contributed by atoms with Crippen LogP contribution in [0.5, 0.6) is 0 Å². The van der Waals surface area contributed by atoms with Crippen molar-refractivity contribution < 1.29 is 0 Å². The van der Waals surface area contributed by atoms with E-state index >= 15 is 0 Å². The minimum atomic E-state index is 0.631. The number of thioether (sulfide) groups is 1. The molecule has 0 aliphatic rings. The summed E-state index contributed by atoms with van der Waals surface area (Å²) in [5.41, 5.74) is 0. The lowest BCUT2D eigenvalue weighted by Gasteiger charge is -2.18. The molecule has 0 radical (unpaired) electrons. The van der Waals surface area contributed by atoms with Crippen LogP contribution in [0.3, 0.4) is 0 Å². The van der Waals surface area contributed by atoms with E-state index in [-0.39, 0.29) is 0 Å². The van der Waals surface area contributed by atoms with Gasteiger partial charge in [-0.25, -0.2) is 0 Å². The number of halogens is 1. The molecule has 0 amide bonds. The first kappa shape index (κ1) is 12.8. The van der Waals surface area contributed by atoms with Crippen molar-refractivity contribution in [3.05, 3.63) is 0 Å². The Balaban J connectivity index is 3.24. The van der Waals surface area contributed by atoms with Crippen LogP contribution < -0.4 is 5.32 Å². The Kier molecular flexibility index (Phi) is 8.94. The molecule has 2 unspecified atom stereocenters. The predicted molar refractivity (Wildman–Crippen MR) is 63.4 cm³/mol. The Labute approximate surface area is 89.2 Å². The average Bonchev–Trinajstić information content (AvgIpc) is 2.10. The van der Waals surface area contributed by atoms with Gasteiger partial charge in [0.05, 0.1) is 0 Å². The molecule has 0 bridgehead atoms. The van der Waals surface area contributed by atoms with Crippen molar-refractivity contribution in [1.29, 1.82) is 0 Å². The van der Waals surface area contributed by atoms with Gasteiger partial charge in [-0.2, -0.15) is 11.8 Å². The molecule has 0 heterocycles. The highest BCUT2D eigenvalue weighted by Gasteiger charge is 2.08. The van der Waals surface area contributed by atoms with Crippen molar-refractivity contribution >= 4 is 27.7 Å². The van der Waals surface area contributed by atoms with E-state index in [1.54, 1.807) is 0 Å². The molecule has 1 nitrogen and oxygen atoms in total. The van der Waals surface area contributed by atoms with Crippen molar-refractivity contribution in [2.24, 2.45) is 5.92 Å². The molecular weight excluding hydrogens is 234 g/mol. The van der Waals surface area contributed by atoms with Crippen molar-refractivity contribution in [2.75, 3.05) is 23.9 Å². The molecule has 74 valence electrons. The summed E-state index contributed by atoms with van der Waals surface area (Å²) < 4.78 is 0. The summed E-state index contributed by atoms with van der Waals surface area (Å²) in [6.45, 7) is 5.67. The third-order valence-corrected chi connectivity index (χ3v) is 3.81. The molecule has 0 aliphatic heterocycles. The van der Waals surface area contributed by atoms with Crippen molar-refractivity contribution in [3.63, 3.8) is 0 Å². The summed E-state index contributed by atoms with van der Waals surface area (Å²) in [4.78, 5) is 0. The largest absolute Gasteiger partial charge is 0.314 e. The van der Waals surface area contributed by atoms with Crippen molar-refractivity contribution in [3.8, 4) is 0 Å². The van der Waals surface area contributed by atoms with E-state index in [0.717, 1.165) is 17.8 Å². The lowest BCUT2D eigenvalue weighted by Crippen LogP contribution is -2.33. The molecule has 12 heavy (non-hydrogen) atoms. The van der Waals surface area contributed by atoms with Crippen LogP contribution in [-0.4, -0.2) is 29.9 Å². The molecular formula is C9H20BrNS. The second-order valence-corrected chi connectivity index (χ2v) is 4.85. The van der Waals surface area contributed by atoms with Gasteiger partial charge < -0.3 is 5.32 Å². The van der Waals surface area contributed by atoms with E-state index < -0.39 is 0 Å². The quantitative estimate of drug-likeness (QED) is 0.554. The van der Waals surface area contributed by atoms with Gasteiger partial charge in [-0.15, -0.1) is 0 Å². The van der Waals surface area contributed by atoms with E-state index in [0.29, 0.717) is 6.04 Å². The van der Waals surface area contributed by atoms with E-state index in [4.69, 9.17) is 0 Å². The fourth-order valence-corrected chi connectivity index (χ4v) is 1.87. The highest BCUT2D eigenvalue weighted by Crippen LogP contribution is 2.05. The summed E-state index contributed by atoms with van der Waals surface area (Å²) in [7, 11) is 0. The first-order valence-electron chi connectivity index (χ1n) is 4.50. The maximum atomic E-state index is 3.52. The predicted octanol–water partition coefficient (Wildman–Crippen LogP) is 2.75. The van der Waals surface area contributed by atoms with Crippen LogP contribution >= 0.6 is 27.7 Å². The summed E-state index contributed by atoms with van der Waals surface area (Å²) in [6.07, 6.45) is 3.44. The van der Waals surface area contributed by atoms with Gasteiger partial charge in [0.1, 0.15) is 0 Å². The Morgan fingerprint density at radius 2 is 2.08 bits per heavy atom. The van der Waals surface area contributed by atoms with Gasteiger partial charge in [0.2, 0.25) is 0 Å². The normalized spacial score (nSPS) is 16.0. The molecule has 0 saturated heterocycles. The Hall–Kier alpha value is 0.790. The number of rotatable bonds is 7. The SMILES string of the molecule is CSCCCNC(C)C(C)CBr. The monoisotopic (exact) mass is 253 g/mol. The summed E-state index contributed by atoms with van der Waals surface area (Å²) in [5.74, 6) is 1.99. The van der Waals surface area contributed by atoms with Crippen LogP contribution in [0.25, 0.3) is 0 Å². The molecule has 0 spiro atoms. The maximum Gasteiger partial charge on any atom is 0.00723 e. The van der Waals surface area contributed by atoms with E-state index in [2.05, 4.69) is 41.3 Å². The van der Waals surface area contributed by atoms with Gasteiger partial charge in [-0.1, -0.05) is 22.9 Å². The Morgan fingerprint density at radius 3 is 2.58 bits per heavy atom. The van der Waals surface area contributed by atoms with Crippen LogP contribution in [0.4, 0.5) is 0 Å². The summed E-state index contributed by atoms with van der Waals surface area (Å²) in [5, 5.41) is 4.61. The van der Waals surface area contributed by atoms with Crippen molar-refractivity contribution in [1.82, 2.24) is 5.32 Å². The Bertz CT molecular complexity index is 101. The second kappa shape index (κ2) is 8.39. The summed E-state index contributed by atoms with van der Waals surface area (Å²) in [6, 6.07) is 0.631. The zero-order chi connectivity index (χ0) is 9.40. The van der Waals surface area contributed by atoms with Crippen molar-refractivity contribution in [2.45, 2.75) is 26.3 Å². The molecule has 0 aromatic carbocycles. The van der Waals surface area contributed by atoms with Crippen LogP contribution in [0.15, 0.2) is 0 Å². The molecule has 3 heteroatoms. The van der Waals surface area contributed by atoms with Crippen LogP contribution in [0.2, 0.25) is 0 Å². The fourth-order valence-electron chi connectivity index (χ4n) is 0.881. The molecule has 0 saturated carbocycles. The standard InChI is InChI=1S/C9H20BrNS/c1-8(7-10)9(2)11-5-4-6-12-3/h8-9,11H,4-7H2,1-3H3. The van der Waals surface area contributed by atoms with E-state index in [9.17, 15) is 0 Å². The zero-order valence-electron chi connectivity index (χ0n) is 8.27. The maximum absolute atomic E-state index is 3.52. The topological polar surface area (TPSA) is 12.0 Å². The molecule has 0 rings (SSSR count). The van der Waals surface area contributed by atoms with Crippen LogP contribution in [0.1, 0.15) is 20.3 Å². The average molecular weight is 254 g/mol. The first-order chi connectivity index (χ1) is 5.72. The van der Waals surface area contributed by atoms with Gasteiger partial charge in [-0.05, 0) is 37.8 Å². The van der Waals surface area contributed by atoms with Gasteiger partial charge in [0.15, 0.2) is 0 Å². The molecule has 0 aromatic heterocycles. The molecule has 1 N–H and O–H groups in total. The minimum absolute atomic E-state index is 0.631.